The van der Waals surface area contributed by atoms with Crippen molar-refractivity contribution in [3.05, 3.63) is 46.2 Å². The van der Waals surface area contributed by atoms with Crippen LogP contribution in [-0.2, 0) is 11.3 Å². The number of rotatable bonds is 6. The summed E-state index contributed by atoms with van der Waals surface area (Å²) in [5, 5.41) is 4.00. The van der Waals surface area contributed by atoms with Gasteiger partial charge >= 0.3 is 0 Å². The molecule has 0 spiro atoms. The van der Waals surface area contributed by atoms with Gasteiger partial charge in [0.25, 0.3) is 0 Å². The molecule has 0 radical (unpaired) electrons. The lowest BCUT2D eigenvalue weighted by Crippen LogP contribution is -2.26. The van der Waals surface area contributed by atoms with E-state index in [4.69, 9.17) is 9.47 Å². The molecule has 2 heterocycles. The number of fused-ring (bicyclic) bond motifs is 1. The molecule has 0 saturated carbocycles. The lowest BCUT2D eigenvalue weighted by atomic mass is 10.1. The lowest BCUT2D eigenvalue weighted by Gasteiger charge is -2.19. The summed E-state index contributed by atoms with van der Waals surface area (Å²) >= 11 is 1.61. The van der Waals surface area contributed by atoms with Crippen molar-refractivity contribution in [2.24, 2.45) is 0 Å². The standard InChI is InChI=1S/C18H19NO4S/c1-19(11-13-6-9-24-12-13)18(21)5-3-15(20)14-2-4-16-17(10-14)23-8-7-22-16/h2,4,6,9-10,12H,3,5,7-8,11H2,1H3. The van der Waals surface area contributed by atoms with E-state index >= 15 is 0 Å². The first-order valence-electron chi connectivity index (χ1n) is 7.81. The van der Waals surface area contributed by atoms with E-state index in [-0.39, 0.29) is 24.5 Å². The van der Waals surface area contributed by atoms with Crippen LogP contribution in [0, 0.1) is 0 Å². The fourth-order valence-electron chi connectivity index (χ4n) is 2.52. The molecule has 0 aliphatic carbocycles. The van der Waals surface area contributed by atoms with Gasteiger partial charge in [-0.05, 0) is 40.6 Å². The number of ether oxygens (including phenoxy) is 2. The first kappa shape index (κ1) is 16.5. The Bertz CT molecular complexity index is 727. The molecule has 0 fully saturated rings. The monoisotopic (exact) mass is 345 g/mol. The number of benzene rings is 1. The van der Waals surface area contributed by atoms with Crippen LogP contribution in [0.2, 0.25) is 0 Å². The van der Waals surface area contributed by atoms with Gasteiger partial charge in [0.2, 0.25) is 5.91 Å². The van der Waals surface area contributed by atoms with Gasteiger partial charge in [-0.2, -0.15) is 11.3 Å². The van der Waals surface area contributed by atoms with Crippen molar-refractivity contribution >= 4 is 23.0 Å². The Morgan fingerprint density at radius 3 is 2.67 bits per heavy atom. The summed E-state index contributed by atoms with van der Waals surface area (Å²) in [7, 11) is 1.76. The van der Waals surface area contributed by atoms with Crippen LogP contribution in [0.1, 0.15) is 28.8 Å². The van der Waals surface area contributed by atoms with Gasteiger partial charge in [-0.25, -0.2) is 0 Å². The van der Waals surface area contributed by atoms with Crippen molar-refractivity contribution in [2.45, 2.75) is 19.4 Å². The molecule has 0 unspecified atom stereocenters. The van der Waals surface area contributed by atoms with Gasteiger partial charge in [0, 0.05) is 32.0 Å². The van der Waals surface area contributed by atoms with Crippen molar-refractivity contribution in [3.63, 3.8) is 0 Å². The number of amides is 1. The zero-order chi connectivity index (χ0) is 16.9. The van der Waals surface area contributed by atoms with Crippen LogP contribution >= 0.6 is 11.3 Å². The maximum atomic E-state index is 12.3. The second-order valence-corrected chi connectivity index (χ2v) is 6.44. The molecule has 0 N–H and O–H groups in total. The smallest absolute Gasteiger partial charge is 0.223 e. The minimum Gasteiger partial charge on any atom is -0.486 e. The maximum absolute atomic E-state index is 12.3. The number of Topliss-reactive ketones (excluding diaryl/α,β-unsaturated/α-hetero) is 1. The molecule has 1 aromatic heterocycles. The van der Waals surface area contributed by atoms with Gasteiger partial charge < -0.3 is 14.4 Å². The fraction of sp³-hybridized carbons (Fsp3) is 0.333. The van der Waals surface area contributed by atoms with Gasteiger partial charge in [-0.3, -0.25) is 9.59 Å². The van der Waals surface area contributed by atoms with E-state index in [0.29, 0.717) is 36.8 Å². The molecule has 1 aliphatic heterocycles. The number of ketones is 1. The number of carbonyl (C=O) groups is 2. The van der Waals surface area contributed by atoms with Crippen molar-refractivity contribution in [2.75, 3.05) is 20.3 Å². The Morgan fingerprint density at radius 1 is 1.12 bits per heavy atom. The lowest BCUT2D eigenvalue weighted by molar-refractivity contribution is -0.130. The fourth-order valence-corrected chi connectivity index (χ4v) is 3.18. The van der Waals surface area contributed by atoms with Crippen molar-refractivity contribution in [1.29, 1.82) is 0 Å². The number of carbonyl (C=O) groups excluding carboxylic acids is 2. The van der Waals surface area contributed by atoms with E-state index in [1.165, 1.54) is 0 Å². The van der Waals surface area contributed by atoms with E-state index in [9.17, 15) is 9.59 Å². The predicted octanol–water partition coefficient (Wildman–Crippen LogP) is 3.14. The SMILES string of the molecule is CN(Cc1ccsc1)C(=O)CCC(=O)c1ccc2c(c1)OCCO2. The Labute approximate surface area is 144 Å². The molecule has 1 aromatic carbocycles. The van der Waals surface area contributed by atoms with Gasteiger partial charge in [-0.15, -0.1) is 0 Å². The highest BCUT2D eigenvalue weighted by Gasteiger charge is 2.17. The molecule has 1 amide bonds. The molecule has 3 rings (SSSR count). The molecule has 1 aliphatic rings. The summed E-state index contributed by atoms with van der Waals surface area (Å²) in [5.41, 5.74) is 1.65. The first-order chi connectivity index (χ1) is 11.6. The van der Waals surface area contributed by atoms with Crippen LogP contribution < -0.4 is 9.47 Å². The zero-order valence-electron chi connectivity index (χ0n) is 13.5. The number of nitrogens with zero attached hydrogens (tertiary/aromatic N) is 1. The number of hydrogen-bond donors (Lipinski definition) is 0. The average molecular weight is 345 g/mol. The van der Waals surface area contributed by atoms with E-state index in [1.54, 1.807) is 41.5 Å². The Hall–Kier alpha value is -2.34. The molecule has 5 nitrogen and oxygen atoms in total. The van der Waals surface area contributed by atoms with E-state index in [0.717, 1.165) is 5.56 Å². The second-order valence-electron chi connectivity index (χ2n) is 5.66. The topological polar surface area (TPSA) is 55.8 Å². The van der Waals surface area contributed by atoms with Crippen molar-refractivity contribution < 1.29 is 19.1 Å². The van der Waals surface area contributed by atoms with Crippen LogP contribution in [0.5, 0.6) is 11.5 Å². The van der Waals surface area contributed by atoms with Crippen LogP contribution in [-0.4, -0.2) is 36.9 Å². The maximum Gasteiger partial charge on any atom is 0.223 e. The number of thiophene rings is 1. The Morgan fingerprint density at radius 2 is 1.92 bits per heavy atom. The minimum atomic E-state index is -0.0655. The van der Waals surface area contributed by atoms with Crippen LogP contribution in [0.4, 0.5) is 0 Å². The third-order valence-corrected chi connectivity index (χ3v) is 4.59. The molecule has 0 bridgehead atoms. The summed E-state index contributed by atoms with van der Waals surface area (Å²) in [5.74, 6) is 1.15. The molecule has 0 atom stereocenters. The highest BCUT2D eigenvalue weighted by Crippen LogP contribution is 2.31. The molecule has 2 aromatic rings. The summed E-state index contributed by atoms with van der Waals surface area (Å²) in [6.07, 6.45) is 0.389. The van der Waals surface area contributed by atoms with E-state index in [1.807, 2.05) is 16.8 Å². The predicted molar refractivity (Wildman–Crippen MR) is 91.8 cm³/mol. The van der Waals surface area contributed by atoms with Crippen LogP contribution in [0.25, 0.3) is 0 Å². The average Bonchev–Trinajstić information content (AvgIpc) is 3.11. The largest absolute Gasteiger partial charge is 0.486 e. The normalized spacial score (nSPS) is 12.7. The number of hydrogen-bond acceptors (Lipinski definition) is 5. The summed E-state index contributed by atoms with van der Waals surface area (Å²) in [4.78, 5) is 26.1. The van der Waals surface area contributed by atoms with Gasteiger partial charge in [0.15, 0.2) is 17.3 Å². The molecule has 126 valence electrons. The van der Waals surface area contributed by atoms with Crippen LogP contribution in [0.3, 0.4) is 0 Å². The molecular weight excluding hydrogens is 326 g/mol. The van der Waals surface area contributed by atoms with E-state index < -0.39 is 0 Å². The Balaban J connectivity index is 1.54. The third-order valence-electron chi connectivity index (χ3n) is 3.86. The highest BCUT2D eigenvalue weighted by atomic mass is 32.1. The zero-order valence-corrected chi connectivity index (χ0v) is 14.3. The van der Waals surface area contributed by atoms with Gasteiger partial charge in [-0.1, -0.05) is 0 Å². The molecule has 0 saturated heterocycles. The summed E-state index contributed by atoms with van der Waals surface area (Å²) in [6.45, 7) is 1.57. The summed E-state index contributed by atoms with van der Waals surface area (Å²) in [6, 6.07) is 7.15. The highest BCUT2D eigenvalue weighted by molar-refractivity contribution is 7.07. The van der Waals surface area contributed by atoms with Gasteiger partial charge in [0.05, 0.1) is 0 Å². The van der Waals surface area contributed by atoms with Gasteiger partial charge in [0.1, 0.15) is 13.2 Å². The Kier molecular flexibility index (Phi) is 5.15. The molecule has 24 heavy (non-hydrogen) atoms. The minimum absolute atomic E-state index is 0.0351. The summed E-state index contributed by atoms with van der Waals surface area (Å²) < 4.78 is 10.9. The third kappa shape index (κ3) is 3.94. The molecular formula is C18H19NO4S. The second kappa shape index (κ2) is 7.49. The first-order valence-corrected chi connectivity index (χ1v) is 8.75. The van der Waals surface area contributed by atoms with E-state index in [2.05, 4.69) is 0 Å². The van der Waals surface area contributed by atoms with Crippen LogP contribution in [0.15, 0.2) is 35.0 Å². The van der Waals surface area contributed by atoms with Crippen molar-refractivity contribution in [1.82, 2.24) is 4.90 Å². The molecule has 6 heteroatoms. The quantitative estimate of drug-likeness (QED) is 0.755. The van der Waals surface area contributed by atoms with Crippen molar-refractivity contribution in [3.8, 4) is 11.5 Å².